The lowest BCUT2D eigenvalue weighted by molar-refractivity contribution is -0.117. The summed E-state index contributed by atoms with van der Waals surface area (Å²) in [6.45, 7) is 13.5. The molecule has 1 aromatic carbocycles. The monoisotopic (exact) mass is 419 g/mol. The Hall–Kier alpha value is -2.27. The Balaban J connectivity index is 0.00000420. The van der Waals surface area contributed by atoms with Crippen molar-refractivity contribution in [3.63, 3.8) is 0 Å². The molecule has 0 radical (unpaired) electrons. The van der Waals surface area contributed by atoms with Crippen LogP contribution in [-0.4, -0.2) is 63.2 Å². The molecule has 1 heterocycles. The van der Waals surface area contributed by atoms with Crippen LogP contribution in [-0.2, 0) is 4.79 Å². The number of hydrogen-bond donors (Lipinski definition) is 3. The van der Waals surface area contributed by atoms with Crippen molar-refractivity contribution in [2.45, 2.75) is 20.8 Å². The normalized spacial score (nSPS) is 14.5. The second-order valence-corrected chi connectivity index (χ2v) is 6.83. The maximum atomic E-state index is 12.3. The summed E-state index contributed by atoms with van der Waals surface area (Å²) >= 11 is 0. The zero-order chi connectivity index (χ0) is 20.4. The van der Waals surface area contributed by atoms with Crippen LogP contribution in [0.5, 0.6) is 0 Å². The molecule has 1 amide bonds. The number of carbonyl (C=O) groups excluding carboxylic acids is 1. The maximum absolute atomic E-state index is 12.3. The summed E-state index contributed by atoms with van der Waals surface area (Å²) in [4.78, 5) is 16.8. The van der Waals surface area contributed by atoms with Crippen molar-refractivity contribution in [1.29, 1.82) is 5.26 Å². The van der Waals surface area contributed by atoms with E-state index >= 15 is 0 Å². The van der Waals surface area contributed by atoms with Gasteiger partial charge in [-0.1, -0.05) is 0 Å². The van der Waals surface area contributed by atoms with Crippen LogP contribution in [0.25, 0.3) is 0 Å². The van der Waals surface area contributed by atoms with Crippen molar-refractivity contribution in [1.82, 2.24) is 15.5 Å². The minimum absolute atomic E-state index is 0. The molecule has 29 heavy (non-hydrogen) atoms. The van der Waals surface area contributed by atoms with Crippen molar-refractivity contribution in [2.24, 2.45) is 0 Å². The topological polar surface area (TPSA) is 83.4 Å². The number of rotatable bonds is 9. The van der Waals surface area contributed by atoms with E-state index in [1.807, 2.05) is 19.1 Å². The van der Waals surface area contributed by atoms with Gasteiger partial charge in [0, 0.05) is 69.9 Å². The average molecular weight is 420 g/mol. The van der Waals surface area contributed by atoms with Gasteiger partial charge in [0.2, 0.25) is 0 Å². The number of hydrogen-bond acceptors (Lipinski definition) is 6. The van der Waals surface area contributed by atoms with E-state index in [1.54, 1.807) is 0 Å². The molecule has 0 unspecified atom stereocenters. The Bertz CT molecular complexity index is 720. The van der Waals surface area contributed by atoms with Gasteiger partial charge in [0.15, 0.2) is 0 Å². The molecule has 1 aliphatic heterocycles. The molecule has 8 heteroatoms. The number of benzene rings is 1. The first-order valence-corrected chi connectivity index (χ1v) is 10.0. The molecule has 160 valence electrons. The molecule has 1 aliphatic rings. The van der Waals surface area contributed by atoms with Crippen LogP contribution in [0.4, 0.5) is 11.4 Å². The van der Waals surface area contributed by atoms with Crippen molar-refractivity contribution in [2.75, 3.05) is 62.6 Å². The molecule has 0 spiro atoms. The van der Waals surface area contributed by atoms with Crippen molar-refractivity contribution < 1.29 is 17.2 Å². The smallest absolute Gasteiger partial charge is 0.263 e. The van der Waals surface area contributed by atoms with E-state index in [-0.39, 0.29) is 23.9 Å². The van der Waals surface area contributed by atoms with Gasteiger partial charge in [-0.3, -0.25) is 9.69 Å². The van der Waals surface area contributed by atoms with Gasteiger partial charge in [-0.25, -0.2) is 0 Å². The van der Waals surface area contributed by atoms with E-state index in [1.165, 1.54) is 11.9 Å². The number of nitrogens with one attached hydrogen (secondary N) is 3. The fraction of sp³-hybridized carbons (Fsp3) is 0.524. The zero-order valence-electron chi connectivity index (χ0n) is 17.6. The predicted molar refractivity (Wildman–Crippen MR) is 114 cm³/mol. The quantitative estimate of drug-likeness (QED) is 0.340. The molecule has 1 saturated heterocycles. The third-order valence-electron chi connectivity index (χ3n) is 5.00. The van der Waals surface area contributed by atoms with E-state index < -0.39 is 0 Å². The average Bonchev–Trinajstić information content (AvgIpc) is 2.71. The summed E-state index contributed by atoms with van der Waals surface area (Å²) in [7, 11) is 0. The SMILES string of the molecule is CCN(CC)c1ccc(N/C=C(/C#N)C(=O)NCCN2CCNCC2)c(C)c1.[Cl-]. The van der Waals surface area contributed by atoms with Gasteiger partial charge in [0.1, 0.15) is 11.6 Å². The van der Waals surface area contributed by atoms with Gasteiger partial charge in [0.25, 0.3) is 5.91 Å². The maximum Gasteiger partial charge on any atom is 0.263 e. The van der Waals surface area contributed by atoms with Crippen LogP contribution in [0.1, 0.15) is 19.4 Å². The van der Waals surface area contributed by atoms with Gasteiger partial charge >= 0.3 is 0 Å². The lowest BCUT2D eigenvalue weighted by atomic mass is 10.1. The highest BCUT2D eigenvalue weighted by Crippen LogP contribution is 2.22. The first kappa shape index (κ1) is 24.8. The summed E-state index contributed by atoms with van der Waals surface area (Å²) in [5.74, 6) is -0.345. The molecule has 0 saturated carbocycles. The Morgan fingerprint density at radius 2 is 2.00 bits per heavy atom. The molecule has 2 rings (SSSR count). The molecule has 0 bridgehead atoms. The predicted octanol–water partition coefficient (Wildman–Crippen LogP) is -1.31. The van der Waals surface area contributed by atoms with Crippen LogP contribution in [0.2, 0.25) is 0 Å². The molecule has 1 fully saturated rings. The van der Waals surface area contributed by atoms with Gasteiger partial charge in [-0.2, -0.15) is 5.26 Å². The summed E-state index contributed by atoms with van der Waals surface area (Å²) < 4.78 is 0. The number of nitriles is 1. The van der Waals surface area contributed by atoms with Crippen molar-refractivity contribution >= 4 is 17.3 Å². The van der Waals surface area contributed by atoms with Crippen LogP contribution < -0.4 is 33.3 Å². The highest BCUT2D eigenvalue weighted by Gasteiger charge is 2.12. The Kier molecular flexibility index (Phi) is 11.1. The fourth-order valence-corrected chi connectivity index (χ4v) is 3.25. The van der Waals surface area contributed by atoms with E-state index in [0.717, 1.165) is 57.1 Å². The zero-order valence-corrected chi connectivity index (χ0v) is 18.4. The molecule has 1 aromatic rings. The van der Waals surface area contributed by atoms with Crippen LogP contribution in [0.3, 0.4) is 0 Å². The standard InChI is InChI=1S/C21H32N6O.ClH/c1-4-27(5-2)19-6-7-20(17(3)14-19)25-16-18(15-22)21(28)24-10-13-26-11-8-23-9-12-26;/h6-7,14,16,23,25H,4-5,8-13H2,1-3H3,(H,24,28);1H/p-1/b18-16-;. The van der Waals surface area contributed by atoms with Gasteiger partial charge < -0.3 is 33.3 Å². The second kappa shape index (κ2) is 13.0. The largest absolute Gasteiger partial charge is 1.00 e. The fourth-order valence-electron chi connectivity index (χ4n) is 3.25. The number of amides is 1. The number of aryl methyl sites for hydroxylation is 1. The Morgan fingerprint density at radius 3 is 2.59 bits per heavy atom. The van der Waals surface area contributed by atoms with E-state index in [4.69, 9.17) is 0 Å². The van der Waals surface area contributed by atoms with Crippen LogP contribution in [0.15, 0.2) is 30.0 Å². The van der Waals surface area contributed by atoms with Crippen LogP contribution in [0, 0.1) is 18.3 Å². The highest BCUT2D eigenvalue weighted by atomic mass is 35.5. The molecule has 3 N–H and O–H groups in total. The van der Waals surface area contributed by atoms with Gasteiger partial charge in [0.05, 0.1) is 0 Å². The molecular formula is C21H32ClN6O-. The molecular weight excluding hydrogens is 388 g/mol. The Labute approximate surface area is 180 Å². The van der Waals surface area contributed by atoms with Crippen LogP contribution >= 0.6 is 0 Å². The van der Waals surface area contributed by atoms with E-state index in [0.29, 0.717) is 6.54 Å². The molecule has 0 aromatic heterocycles. The van der Waals surface area contributed by atoms with Crippen molar-refractivity contribution in [3.8, 4) is 6.07 Å². The number of carbonyl (C=O) groups is 1. The first-order valence-electron chi connectivity index (χ1n) is 10.0. The van der Waals surface area contributed by atoms with E-state index in [2.05, 4.69) is 51.7 Å². The summed E-state index contributed by atoms with van der Waals surface area (Å²) in [6.07, 6.45) is 1.49. The lowest BCUT2D eigenvalue weighted by Crippen LogP contribution is -3.00. The summed E-state index contributed by atoms with van der Waals surface area (Å²) in [5.41, 5.74) is 3.20. The molecule has 0 aliphatic carbocycles. The summed E-state index contributed by atoms with van der Waals surface area (Å²) in [5, 5.41) is 18.6. The third-order valence-corrected chi connectivity index (χ3v) is 5.00. The van der Waals surface area contributed by atoms with Crippen molar-refractivity contribution in [3.05, 3.63) is 35.5 Å². The summed E-state index contributed by atoms with van der Waals surface area (Å²) in [6, 6.07) is 8.13. The molecule has 7 nitrogen and oxygen atoms in total. The molecule has 0 atom stereocenters. The second-order valence-electron chi connectivity index (χ2n) is 6.83. The minimum Gasteiger partial charge on any atom is -1.00 e. The number of piperazine rings is 1. The lowest BCUT2D eigenvalue weighted by Gasteiger charge is -2.27. The minimum atomic E-state index is -0.345. The third kappa shape index (κ3) is 7.58. The van der Waals surface area contributed by atoms with E-state index in [9.17, 15) is 10.1 Å². The van der Waals surface area contributed by atoms with Gasteiger partial charge in [-0.05, 0) is 44.5 Å². The highest BCUT2D eigenvalue weighted by molar-refractivity contribution is 5.97. The number of halogens is 1. The van der Waals surface area contributed by atoms with Gasteiger partial charge in [-0.15, -0.1) is 0 Å². The Morgan fingerprint density at radius 1 is 1.31 bits per heavy atom. The number of anilines is 2. The first-order chi connectivity index (χ1) is 13.6. The number of nitrogens with zero attached hydrogens (tertiary/aromatic N) is 3.